The minimum absolute atomic E-state index is 0.0214. The molecule has 2 aliphatic heterocycles. The van der Waals surface area contributed by atoms with E-state index in [1.165, 1.54) is 18.5 Å². The maximum atomic E-state index is 10.1. The number of hydrogen-bond donors (Lipinski definition) is 1. The van der Waals surface area contributed by atoms with Crippen molar-refractivity contribution >= 4 is 0 Å². The Morgan fingerprint density at radius 3 is 2.31 bits per heavy atom. The first-order valence-electron chi connectivity index (χ1n) is 11.1. The van der Waals surface area contributed by atoms with E-state index >= 15 is 0 Å². The zero-order valence-corrected chi connectivity index (χ0v) is 17.4. The third-order valence-electron chi connectivity index (χ3n) is 6.85. The first-order chi connectivity index (χ1) is 14.3. The molecule has 2 aromatic carbocycles. The number of hydrogen-bond acceptors (Lipinski definition) is 4. The van der Waals surface area contributed by atoms with Crippen LogP contribution in [0.1, 0.15) is 31.2 Å². The van der Waals surface area contributed by atoms with Crippen molar-refractivity contribution in [2.75, 3.05) is 39.4 Å². The van der Waals surface area contributed by atoms with Crippen molar-refractivity contribution in [3.05, 3.63) is 66.2 Å². The van der Waals surface area contributed by atoms with Gasteiger partial charge in [-0.1, -0.05) is 48.5 Å². The minimum Gasteiger partial charge on any atom is -0.494 e. The molecule has 2 aromatic rings. The molecule has 4 rings (SSSR count). The number of ether oxygens (including phenoxy) is 1. The predicted octanol–water partition coefficient (Wildman–Crippen LogP) is 3.80. The number of aliphatic hydroxyl groups is 1. The van der Waals surface area contributed by atoms with E-state index < -0.39 is 0 Å². The molecular formula is C25H34N2O2. The monoisotopic (exact) mass is 394 g/mol. The predicted molar refractivity (Wildman–Crippen MR) is 117 cm³/mol. The first-order valence-corrected chi connectivity index (χ1v) is 11.1. The molecule has 1 N–H and O–H groups in total. The third-order valence-corrected chi connectivity index (χ3v) is 6.85. The fourth-order valence-electron chi connectivity index (χ4n) is 4.85. The van der Waals surface area contributed by atoms with Gasteiger partial charge in [0.1, 0.15) is 5.75 Å². The summed E-state index contributed by atoms with van der Waals surface area (Å²) in [6.45, 7) is 6.54. The number of nitrogens with zero attached hydrogens (tertiary/aromatic N) is 2. The van der Waals surface area contributed by atoms with E-state index in [9.17, 15) is 5.11 Å². The van der Waals surface area contributed by atoms with Gasteiger partial charge in [0.15, 0.2) is 0 Å². The van der Waals surface area contributed by atoms with Crippen LogP contribution < -0.4 is 4.74 Å². The van der Waals surface area contributed by atoms with Gasteiger partial charge >= 0.3 is 0 Å². The first kappa shape index (κ1) is 20.4. The third kappa shape index (κ3) is 5.39. The zero-order valence-electron chi connectivity index (χ0n) is 17.4. The Labute approximate surface area is 175 Å². The molecule has 2 heterocycles. The topological polar surface area (TPSA) is 35.9 Å². The molecule has 2 saturated heterocycles. The molecule has 2 aliphatic rings. The lowest BCUT2D eigenvalue weighted by Crippen LogP contribution is -2.47. The van der Waals surface area contributed by atoms with Gasteiger partial charge in [-0.15, -0.1) is 0 Å². The molecule has 29 heavy (non-hydrogen) atoms. The Morgan fingerprint density at radius 2 is 1.62 bits per heavy atom. The summed E-state index contributed by atoms with van der Waals surface area (Å²) in [6.07, 6.45) is 4.32. The van der Waals surface area contributed by atoms with E-state index in [1.807, 2.05) is 30.3 Å². The highest BCUT2D eigenvalue weighted by Crippen LogP contribution is 2.36. The number of rotatable bonds is 8. The molecule has 0 bridgehead atoms. The number of likely N-dealkylation sites (tertiary alicyclic amines) is 2. The summed E-state index contributed by atoms with van der Waals surface area (Å²) >= 11 is 0. The van der Waals surface area contributed by atoms with Crippen molar-refractivity contribution in [2.24, 2.45) is 5.41 Å². The highest BCUT2D eigenvalue weighted by Gasteiger charge is 2.37. The molecule has 4 nitrogen and oxygen atoms in total. The van der Waals surface area contributed by atoms with Gasteiger partial charge < -0.3 is 9.84 Å². The highest BCUT2D eigenvalue weighted by molar-refractivity contribution is 5.20. The van der Waals surface area contributed by atoms with Gasteiger partial charge in [0.25, 0.3) is 0 Å². The van der Waals surface area contributed by atoms with Crippen LogP contribution in [0, 0.1) is 5.41 Å². The molecule has 4 heteroatoms. The summed E-state index contributed by atoms with van der Waals surface area (Å²) in [7, 11) is 0. The van der Waals surface area contributed by atoms with Crippen molar-refractivity contribution in [1.82, 2.24) is 9.80 Å². The van der Waals surface area contributed by atoms with Gasteiger partial charge in [0.2, 0.25) is 0 Å². The molecule has 0 unspecified atom stereocenters. The number of para-hydroxylation sites is 1. The van der Waals surface area contributed by atoms with E-state index in [2.05, 4.69) is 40.1 Å². The summed E-state index contributed by atoms with van der Waals surface area (Å²) in [5.41, 5.74) is 1.43. The lowest BCUT2D eigenvalue weighted by molar-refractivity contribution is 0.0138. The summed E-state index contributed by atoms with van der Waals surface area (Å²) in [5, 5.41) is 10.1. The molecule has 156 valence electrons. The van der Waals surface area contributed by atoms with Crippen LogP contribution in [0.25, 0.3) is 0 Å². The second kappa shape index (κ2) is 9.75. The average Bonchev–Trinajstić information content (AvgIpc) is 3.24. The number of piperidine rings is 1. The van der Waals surface area contributed by atoms with Crippen LogP contribution in [0.3, 0.4) is 0 Å². The van der Waals surface area contributed by atoms with Gasteiger partial charge in [0, 0.05) is 32.3 Å². The largest absolute Gasteiger partial charge is 0.494 e. The van der Waals surface area contributed by atoms with Crippen LogP contribution in [0.15, 0.2) is 60.7 Å². The maximum absolute atomic E-state index is 10.1. The standard InChI is InChI=1S/C25H34N2O2/c28-21-25(14-18-29-24-9-5-2-6-10-24)12-16-27(17-13-25)23-11-15-26(20-23)19-22-7-3-1-4-8-22/h1-10,23,28H,11-21H2/t23-/m0/s1. The second-order valence-electron chi connectivity index (χ2n) is 8.77. The Kier molecular flexibility index (Phi) is 6.86. The van der Waals surface area contributed by atoms with Gasteiger partial charge in [-0.2, -0.15) is 0 Å². The van der Waals surface area contributed by atoms with Crippen molar-refractivity contribution in [2.45, 2.75) is 38.3 Å². The SMILES string of the molecule is OCC1(CCOc2ccccc2)CCN([C@H]2CCN(Cc3ccccc3)C2)CC1. The van der Waals surface area contributed by atoms with Gasteiger partial charge in [0.05, 0.1) is 6.61 Å². The van der Waals surface area contributed by atoms with Crippen molar-refractivity contribution in [1.29, 1.82) is 0 Å². The maximum Gasteiger partial charge on any atom is 0.119 e. The quantitative estimate of drug-likeness (QED) is 0.739. The molecule has 0 aromatic heterocycles. The molecule has 1 atom stereocenters. The van der Waals surface area contributed by atoms with E-state index in [-0.39, 0.29) is 12.0 Å². The van der Waals surface area contributed by atoms with E-state index in [0.717, 1.165) is 51.2 Å². The Balaban J connectivity index is 1.22. The molecule has 0 amide bonds. The van der Waals surface area contributed by atoms with Crippen LogP contribution in [0.5, 0.6) is 5.75 Å². The van der Waals surface area contributed by atoms with Crippen LogP contribution in [-0.4, -0.2) is 60.3 Å². The summed E-state index contributed by atoms with van der Waals surface area (Å²) in [6, 6.07) is 21.4. The van der Waals surface area contributed by atoms with Crippen LogP contribution >= 0.6 is 0 Å². The second-order valence-corrected chi connectivity index (χ2v) is 8.77. The Hall–Kier alpha value is -1.88. The van der Waals surface area contributed by atoms with Crippen LogP contribution in [0.2, 0.25) is 0 Å². The fourth-order valence-corrected chi connectivity index (χ4v) is 4.85. The molecule has 0 aliphatic carbocycles. The molecule has 0 spiro atoms. The number of benzene rings is 2. The van der Waals surface area contributed by atoms with Crippen molar-refractivity contribution < 1.29 is 9.84 Å². The van der Waals surface area contributed by atoms with Crippen molar-refractivity contribution in [3.8, 4) is 5.75 Å². The highest BCUT2D eigenvalue weighted by atomic mass is 16.5. The number of aliphatic hydroxyl groups excluding tert-OH is 1. The van der Waals surface area contributed by atoms with Gasteiger partial charge in [-0.25, -0.2) is 0 Å². The fraction of sp³-hybridized carbons (Fsp3) is 0.520. The zero-order chi connectivity index (χ0) is 19.9. The lowest BCUT2D eigenvalue weighted by Gasteiger charge is -2.43. The lowest BCUT2D eigenvalue weighted by atomic mass is 9.76. The molecule has 0 radical (unpaired) electrons. The molecule has 0 saturated carbocycles. The van der Waals surface area contributed by atoms with Crippen molar-refractivity contribution in [3.63, 3.8) is 0 Å². The van der Waals surface area contributed by atoms with Gasteiger partial charge in [-0.3, -0.25) is 9.80 Å². The van der Waals surface area contributed by atoms with E-state index in [1.54, 1.807) is 0 Å². The summed E-state index contributed by atoms with van der Waals surface area (Å²) in [5.74, 6) is 0.919. The Morgan fingerprint density at radius 1 is 0.931 bits per heavy atom. The minimum atomic E-state index is 0.0214. The van der Waals surface area contributed by atoms with E-state index in [4.69, 9.17) is 4.74 Å². The van der Waals surface area contributed by atoms with Crippen LogP contribution in [0.4, 0.5) is 0 Å². The normalized spacial score (nSPS) is 22.6. The Bertz CT molecular complexity index is 729. The molecule has 2 fully saturated rings. The smallest absolute Gasteiger partial charge is 0.119 e. The average molecular weight is 395 g/mol. The summed E-state index contributed by atoms with van der Waals surface area (Å²) < 4.78 is 5.90. The van der Waals surface area contributed by atoms with E-state index in [0.29, 0.717) is 12.6 Å². The van der Waals surface area contributed by atoms with Gasteiger partial charge in [-0.05, 0) is 61.9 Å². The molecular weight excluding hydrogens is 360 g/mol. The van der Waals surface area contributed by atoms with Crippen LogP contribution in [-0.2, 0) is 6.54 Å². The summed E-state index contributed by atoms with van der Waals surface area (Å²) in [4.78, 5) is 5.25.